The number of amides is 1. The number of aromatic nitrogens is 2. The number of hydrogen-bond donors (Lipinski definition) is 1. The van der Waals surface area contributed by atoms with E-state index in [1.54, 1.807) is 17.8 Å². The Hall–Kier alpha value is -1.94. The second kappa shape index (κ2) is 10.4. The van der Waals surface area contributed by atoms with Crippen LogP contribution in [0.3, 0.4) is 0 Å². The first-order chi connectivity index (χ1) is 15.7. The molecule has 188 valence electrons. The summed E-state index contributed by atoms with van der Waals surface area (Å²) in [6.07, 6.45) is 8.45. The van der Waals surface area contributed by atoms with Crippen molar-refractivity contribution < 1.29 is 13.2 Å². The van der Waals surface area contributed by atoms with E-state index in [2.05, 4.69) is 29.0 Å². The Morgan fingerprint density at radius 1 is 1.03 bits per heavy atom. The molecule has 1 aliphatic heterocycles. The maximum absolute atomic E-state index is 13.0. The summed E-state index contributed by atoms with van der Waals surface area (Å²) in [5.74, 6) is -0.0677. The maximum Gasteiger partial charge on any atom is 0.262 e. The number of rotatable bonds is 6. The fourth-order valence-corrected chi connectivity index (χ4v) is 6.93. The number of piperazine rings is 1. The first kappa shape index (κ1) is 26.7. The highest BCUT2D eigenvalue weighted by molar-refractivity contribution is 7.89. The van der Waals surface area contributed by atoms with Gasteiger partial charge in [0.05, 0.1) is 11.9 Å². The van der Waals surface area contributed by atoms with E-state index in [1.165, 1.54) is 17.1 Å². The molecule has 0 atom stereocenters. The third-order valence-corrected chi connectivity index (χ3v) is 9.22. The summed E-state index contributed by atoms with van der Waals surface area (Å²) in [5, 5.41) is 3.42. The Kier molecular flexibility index (Phi) is 8.12. The Morgan fingerprint density at radius 2 is 1.65 bits per heavy atom. The molecular weight excluding hydrogens is 474 g/mol. The molecule has 2 aromatic rings. The maximum atomic E-state index is 13.0. The van der Waals surface area contributed by atoms with Crippen LogP contribution in [0.5, 0.6) is 0 Å². The SMILES string of the molecule is Cl.Cn1cnc(S(=O)(=O)N2CCN(C3(C(C)(C)NC(=O)c4ccccc4)CCCCC3)CC2)c1. The van der Waals surface area contributed by atoms with Crippen LogP contribution in [0, 0.1) is 0 Å². The van der Waals surface area contributed by atoms with Gasteiger partial charge in [-0.1, -0.05) is 37.5 Å². The second-order valence-electron chi connectivity index (χ2n) is 9.81. The summed E-state index contributed by atoms with van der Waals surface area (Å²) in [6.45, 7) is 6.35. The summed E-state index contributed by atoms with van der Waals surface area (Å²) in [5.41, 5.74) is -0.0263. The Labute approximate surface area is 209 Å². The average Bonchev–Trinajstić information content (AvgIpc) is 3.27. The van der Waals surface area contributed by atoms with Gasteiger partial charge in [0, 0.05) is 50.5 Å². The zero-order chi connectivity index (χ0) is 23.7. The quantitative estimate of drug-likeness (QED) is 0.646. The highest BCUT2D eigenvalue weighted by atomic mass is 35.5. The van der Waals surface area contributed by atoms with E-state index >= 15 is 0 Å². The van der Waals surface area contributed by atoms with Crippen LogP contribution in [0.25, 0.3) is 0 Å². The molecule has 1 aliphatic carbocycles. The molecule has 2 fully saturated rings. The van der Waals surface area contributed by atoms with Crippen LogP contribution in [0.4, 0.5) is 0 Å². The fraction of sp³-hybridized carbons (Fsp3) is 0.583. The van der Waals surface area contributed by atoms with E-state index in [-0.39, 0.29) is 28.9 Å². The van der Waals surface area contributed by atoms with Crippen LogP contribution in [0.1, 0.15) is 56.3 Å². The number of carbonyl (C=O) groups excluding carboxylic acids is 1. The fourth-order valence-electron chi connectivity index (χ4n) is 5.55. The van der Waals surface area contributed by atoms with Gasteiger partial charge in [-0.05, 0) is 38.8 Å². The summed E-state index contributed by atoms with van der Waals surface area (Å²) in [7, 11) is -1.83. The van der Waals surface area contributed by atoms with E-state index in [0.717, 1.165) is 25.7 Å². The molecule has 1 saturated carbocycles. The van der Waals surface area contributed by atoms with Crippen molar-refractivity contribution in [1.29, 1.82) is 0 Å². The van der Waals surface area contributed by atoms with Gasteiger partial charge in [-0.25, -0.2) is 13.4 Å². The predicted octanol–water partition coefficient (Wildman–Crippen LogP) is 3.06. The van der Waals surface area contributed by atoms with E-state index in [0.29, 0.717) is 31.7 Å². The molecule has 2 aliphatic rings. The number of benzene rings is 1. The van der Waals surface area contributed by atoms with E-state index in [1.807, 2.05) is 30.3 Å². The average molecular weight is 510 g/mol. The number of imidazole rings is 1. The first-order valence-corrected chi connectivity index (χ1v) is 13.2. The first-order valence-electron chi connectivity index (χ1n) is 11.8. The van der Waals surface area contributed by atoms with Crippen molar-refractivity contribution >= 4 is 28.3 Å². The van der Waals surface area contributed by atoms with Crippen LogP contribution in [-0.4, -0.2) is 70.3 Å². The Bertz CT molecular complexity index is 1070. The molecule has 1 amide bonds. The number of aryl methyl sites for hydroxylation is 1. The van der Waals surface area contributed by atoms with Crippen LogP contribution in [0.2, 0.25) is 0 Å². The van der Waals surface area contributed by atoms with Gasteiger partial charge < -0.3 is 9.88 Å². The summed E-state index contributed by atoms with van der Waals surface area (Å²) >= 11 is 0. The zero-order valence-electron chi connectivity index (χ0n) is 20.2. The molecule has 1 saturated heterocycles. The third kappa shape index (κ3) is 5.03. The van der Waals surface area contributed by atoms with Gasteiger partial charge in [-0.15, -0.1) is 12.4 Å². The highest BCUT2D eigenvalue weighted by Crippen LogP contribution is 2.42. The molecule has 4 rings (SSSR count). The Balaban J connectivity index is 0.00000324. The predicted molar refractivity (Wildman–Crippen MR) is 135 cm³/mol. The van der Waals surface area contributed by atoms with Gasteiger partial charge >= 0.3 is 0 Å². The van der Waals surface area contributed by atoms with Crippen molar-refractivity contribution in [3.8, 4) is 0 Å². The van der Waals surface area contributed by atoms with E-state index < -0.39 is 15.6 Å². The van der Waals surface area contributed by atoms with Gasteiger partial charge in [0.25, 0.3) is 15.9 Å². The summed E-state index contributed by atoms with van der Waals surface area (Å²) in [6, 6.07) is 9.32. The number of halogens is 1. The lowest BCUT2D eigenvalue weighted by atomic mass is 9.68. The smallest absolute Gasteiger partial charge is 0.262 e. The molecule has 34 heavy (non-hydrogen) atoms. The molecule has 10 heteroatoms. The van der Waals surface area contributed by atoms with E-state index in [9.17, 15) is 13.2 Å². The standard InChI is InChI=1S/C24H35N5O3S.ClH/c1-23(2,26-22(30)20-10-6-4-7-11-20)24(12-8-5-9-13-24)28-14-16-29(17-15-28)33(31,32)21-18-27(3)19-25-21;/h4,6-7,10-11,18-19H,5,8-9,12-17H2,1-3H3,(H,26,30);1H. The molecule has 1 aromatic heterocycles. The van der Waals surface area contributed by atoms with Crippen LogP contribution < -0.4 is 5.32 Å². The summed E-state index contributed by atoms with van der Waals surface area (Å²) in [4.78, 5) is 19.5. The normalized spacial score (nSPS) is 19.9. The lowest BCUT2D eigenvalue weighted by Gasteiger charge is -2.57. The molecule has 1 N–H and O–H groups in total. The number of carbonyl (C=O) groups is 1. The molecule has 8 nitrogen and oxygen atoms in total. The molecule has 1 aromatic carbocycles. The second-order valence-corrected chi connectivity index (χ2v) is 11.7. The van der Waals surface area contributed by atoms with Crippen molar-refractivity contribution in [3.63, 3.8) is 0 Å². The monoisotopic (exact) mass is 509 g/mol. The van der Waals surface area contributed by atoms with E-state index in [4.69, 9.17) is 0 Å². The molecule has 0 radical (unpaired) electrons. The van der Waals surface area contributed by atoms with Gasteiger partial charge in [0.15, 0.2) is 5.03 Å². The minimum atomic E-state index is -3.60. The van der Waals surface area contributed by atoms with Gasteiger partial charge in [0.2, 0.25) is 0 Å². The lowest BCUT2D eigenvalue weighted by molar-refractivity contribution is -0.0332. The molecule has 2 heterocycles. The number of hydrogen-bond acceptors (Lipinski definition) is 5. The van der Waals surface area contributed by atoms with Crippen LogP contribution >= 0.6 is 12.4 Å². The lowest BCUT2D eigenvalue weighted by Crippen LogP contribution is -2.71. The van der Waals surface area contributed by atoms with Crippen molar-refractivity contribution in [3.05, 3.63) is 48.4 Å². The van der Waals surface area contributed by atoms with Crippen LogP contribution in [-0.2, 0) is 17.1 Å². The van der Waals surface area contributed by atoms with Crippen molar-refractivity contribution in [2.24, 2.45) is 7.05 Å². The number of sulfonamides is 1. The van der Waals surface area contributed by atoms with Crippen molar-refractivity contribution in [2.45, 2.75) is 62.1 Å². The Morgan fingerprint density at radius 3 is 2.21 bits per heavy atom. The topological polar surface area (TPSA) is 87.5 Å². The molecule has 0 bridgehead atoms. The largest absolute Gasteiger partial charge is 0.345 e. The molecular formula is C24H36ClN5O3S. The molecule has 0 unspecified atom stereocenters. The minimum absolute atomic E-state index is 0. The third-order valence-electron chi connectivity index (χ3n) is 7.44. The number of nitrogens with one attached hydrogen (secondary N) is 1. The zero-order valence-corrected chi connectivity index (χ0v) is 21.9. The number of nitrogens with zero attached hydrogens (tertiary/aromatic N) is 4. The minimum Gasteiger partial charge on any atom is -0.345 e. The van der Waals surface area contributed by atoms with Gasteiger partial charge in [-0.3, -0.25) is 9.69 Å². The van der Waals surface area contributed by atoms with Crippen molar-refractivity contribution in [2.75, 3.05) is 26.2 Å². The molecule has 0 spiro atoms. The van der Waals surface area contributed by atoms with Gasteiger partial charge in [-0.2, -0.15) is 4.31 Å². The highest BCUT2D eigenvalue weighted by Gasteiger charge is 2.51. The van der Waals surface area contributed by atoms with Crippen LogP contribution in [0.15, 0.2) is 47.9 Å². The van der Waals surface area contributed by atoms with Crippen molar-refractivity contribution in [1.82, 2.24) is 24.1 Å². The van der Waals surface area contributed by atoms with Gasteiger partial charge in [0.1, 0.15) is 0 Å². The summed E-state index contributed by atoms with van der Waals surface area (Å²) < 4.78 is 29.3.